The Morgan fingerprint density at radius 1 is 1.13 bits per heavy atom. The van der Waals surface area contributed by atoms with E-state index < -0.39 is 0 Å². The van der Waals surface area contributed by atoms with Gasteiger partial charge in [-0.15, -0.1) is 0 Å². The number of Topliss-reactive ketones (excluding diaryl/α,β-unsaturated/α-hetero) is 1. The van der Waals surface area contributed by atoms with Crippen molar-refractivity contribution in [1.82, 2.24) is 9.97 Å². The largest absolute Gasteiger partial charge is 0.497 e. The molecule has 0 saturated heterocycles. The number of H-pyrrole nitrogens is 1. The third kappa shape index (κ3) is 3.21. The first kappa shape index (κ1) is 19.3. The van der Waals surface area contributed by atoms with Crippen LogP contribution in [0.3, 0.4) is 0 Å². The molecule has 2 heterocycles. The van der Waals surface area contributed by atoms with Gasteiger partial charge in [0.1, 0.15) is 5.75 Å². The molecule has 0 unspecified atom stereocenters. The average Bonchev–Trinajstić information content (AvgIpc) is 3.06. The van der Waals surface area contributed by atoms with Gasteiger partial charge in [0.25, 0.3) is 0 Å². The molecular formula is C25H23BrN2O2. The van der Waals surface area contributed by atoms with E-state index in [-0.39, 0.29) is 11.2 Å². The molecule has 4 nitrogen and oxygen atoms in total. The van der Waals surface area contributed by atoms with Crippen LogP contribution in [0.5, 0.6) is 5.75 Å². The second kappa shape index (κ2) is 6.95. The number of nitrogens with zero attached hydrogens (tertiary/aromatic N) is 1. The predicted octanol–water partition coefficient (Wildman–Crippen LogP) is 6.23. The molecule has 0 saturated carbocycles. The van der Waals surface area contributed by atoms with Crippen molar-refractivity contribution in [1.29, 1.82) is 0 Å². The summed E-state index contributed by atoms with van der Waals surface area (Å²) in [5.41, 5.74) is 5.77. The molecule has 0 fully saturated rings. The fraction of sp³-hybridized carbons (Fsp3) is 0.280. The van der Waals surface area contributed by atoms with Crippen LogP contribution in [-0.4, -0.2) is 22.9 Å². The molecule has 0 amide bonds. The molecule has 1 aliphatic rings. The van der Waals surface area contributed by atoms with Crippen LogP contribution in [0.15, 0.2) is 46.9 Å². The summed E-state index contributed by atoms with van der Waals surface area (Å²) >= 11 is 3.59. The summed E-state index contributed by atoms with van der Waals surface area (Å²) in [4.78, 5) is 21.8. The van der Waals surface area contributed by atoms with Gasteiger partial charge in [-0.05, 0) is 47.7 Å². The van der Waals surface area contributed by atoms with Gasteiger partial charge in [0, 0.05) is 39.2 Å². The number of hydrogen-bond acceptors (Lipinski definition) is 3. The van der Waals surface area contributed by atoms with Gasteiger partial charge in [-0.25, -0.2) is 0 Å². The van der Waals surface area contributed by atoms with Crippen molar-refractivity contribution in [2.24, 2.45) is 5.41 Å². The first-order valence-corrected chi connectivity index (χ1v) is 10.9. The molecule has 152 valence electrons. The van der Waals surface area contributed by atoms with Crippen molar-refractivity contribution in [3.8, 4) is 5.75 Å². The molecule has 1 aliphatic carbocycles. The average molecular weight is 463 g/mol. The molecule has 2 aromatic heterocycles. The summed E-state index contributed by atoms with van der Waals surface area (Å²) in [6.07, 6.45) is 2.05. The van der Waals surface area contributed by atoms with Crippen LogP contribution in [0, 0.1) is 5.41 Å². The van der Waals surface area contributed by atoms with Crippen molar-refractivity contribution in [3.63, 3.8) is 0 Å². The van der Waals surface area contributed by atoms with Crippen LogP contribution in [0.4, 0.5) is 0 Å². The van der Waals surface area contributed by atoms with Gasteiger partial charge in [-0.1, -0.05) is 41.9 Å². The van der Waals surface area contributed by atoms with E-state index in [0.717, 1.165) is 61.0 Å². The van der Waals surface area contributed by atoms with Crippen molar-refractivity contribution in [2.45, 2.75) is 33.1 Å². The number of carbonyl (C=O) groups excluding carboxylic acids is 1. The summed E-state index contributed by atoms with van der Waals surface area (Å²) in [6, 6.07) is 14.3. The Labute approximate surface area is 183 Å². The molecule has 0 bridgehead atoms. The molecule has 5 heteroatoms. The van der Waals surface area contributed by atoms with Crippen LogP contribution in [0.25, 0.3) is 21.8 Å². The molecular weight excluding hydrogens is 440 g/mol. The Morgan fingerprint density at radius 2 is 1.90 bits per heavy atom. The summed E-state index contributed by atoms with van der Waals surface area (Å²) in [6.45, 7) is 4.29. The Morgan fingerprint density at radius 3 is 2.63 bits per heavy atom. The molecule has 1 N–H and O–H groups in total. The van der Waals surface area contributed by atoms with Gasteiger partial charge in [0.15, 0.2) is 5.78 Å². The van der Waals surface area contributed by atoms with Crippen LogP contribution in [0.2, 0.25) is 0 Å². The Balaban J connectivity index is 1.77. The number of ketones is 1. The minimum atomic E-state index is -0.0746. The van der Waals surface area contributed by atoms with E-state index in [2.05, 4.69) is 59.0 Å². The number of ether oxygens (including phenoxy) is 1. The topological polar surface area (TPSA) is 55.0 Å². The number of aromatic amines is 1. The number of nitrogens with one attached hydrogen (secondary N) is 1. The molecule has 5 rings (SSSR count). The number of benzene rings is 2. The molecule has 4 aromatic rings. The Kier molecular flexibility index (Phi) is 4.47. The van der Waals surface area contributed by atoms with Gasteiger partial charge >= 0.3 is 0 Å². The van der Waals surface area contributed by atoms with E-state index >= 15 is 0 Å². The van der Waals surface area contributed by atoms with Crippen molar-refractivity contribution in [2.75, 3.05) is 7.11 Å². The van der Waals surface area contributed by atoms with Crippen molar-refractivity contribution in [3.05, 3.63) is 69.5 Å². The zero-order chi connectivity index (χ0) is 21.0. The summed E-state index contributed by atoms with van der Waals surface area (Å²) < 4.78 is 6.29. The monoisotopic (exact) mass is 462 g/mol. The zero-order valence-corrected chi connectivity index (χ0v) is 18.9. The van der Waals surface area contributed by atoms with Crippen LogP contribution in [0.1, 0.15) is 47.6 Å². The Bertz CT molecular complexity index is 1300. The first-order valence-electron chi connectivity index (χ1n) is 10.1. The number of carbonyl (C=O) groups is 1. The number of methoxy groups -OCH3 is 1. The van der Waals surface area contributed by atoms with Crippen LogP contribution >= 0.6 is 15.9 Å². The van der Waals surface area contributed by atoms with Crippen LogP contribution < -0.4 is 4.74 Å². The third-order valence-corrected chi connectivity index (χ3v) is 6.45. The summed E-state index contributed by atoms with van der Waals surface area (Å²) in [5, 5.41) is 2.09. The van der Waals surface area contributed by atoms with Crippen LogP contribution in [-0.2, 0) is 12.8 Å². The lowest BCUT2D eigenvalue weighted by molar-refractivity contribution is 0.0912. The molecule has 2 aromatic carbocycles. The van der Waals surface area contributed by atoms with Gasteiger partial charge in [0.05, 0.1) is 24.0 Å². The summed E-state index contributed by atoms with van der Waals surface area (Å²) in [7, 11) is 1.67. The number of pyridine rings is 1. The maximum atomic E-state index is 13.2. The fourth-order valence-corrected chi connectivity index (χ4v) is 4.95. The highest BCUT2D eigenvalue weighted by atomic mass is 79.9. The molecule has 30 heavy (non-hydrogen) atoms. The third-order valence-electron chi connectivity index (χ3n) is 5.95. The van der Waals surface area contributed by atoms with E-state index in [1.807, 2.05) is 18.2 Å². The number of hydrogen-bond donors (Lipinski definition) is 1. The molecule has 0 radical (unpaired) electrons. The molecule has 0 atom stereocenters. The lowest BCUT2D eigenvalue weighted by Crippen LogP contribution is -2.28. The van der Waals surface area contributed by atoms with Crippen molar-refractivity contribution >= 4 is 43.5 Å². The maximum Gasteiger partial charge on any atom is 0.165 e. The number of halogens is 1. The summed E-state index contributed by atoms with van der Waals surface area (Å²) in [5.74, 6) is 1.03. The predicted molar refractivity (Wildman–Crippen MR) is 124 cm³/mol. The zero-order valence-electron chi connectivity index (χ0n) is 17.3. The van der Waals surface area contributed by atoms with E-state index in [1.165, 1.54) is 0 Å². The van der Waals surface area contributed by atoms with Gasteiger partial charge < -0.3 is 9.72 Å². The van der Waals surface area contributed by atoms with Crippen molar-refractivity contribution < 1.29 is 9.53 Å². The minimum Gasteiger partial charge on any atom is -0.497 e. The lowest BCUT2D eigenvalue weighted by Gasteiger charge is -2.30. The highest BCUT2D eigenvalue weighted by Crippen LogP contribution is 2.41. The number of aromatic nitrogens is 2. The van der Waals surface area contributed by atoms with E-state index in [9.17, 15) is 4.79 Å². The lowest BCUT2D eigenvalue weighted by atomic mass is 9.74. The maximum absolute atomic E-state index is 13.2. The molecule has 0 aliphatic heterocycles. The van der Waals surface area contributed by atoms with Gasteiger partial charge in [-0.2, -0.15) is 0 Å². The number of rotatable bonds is 3. The standard InChI is InChI=1S/C25H23BrN2O2/c1-25(2)12-20-23(21(29)13-25)22-17-11-15(26)6-9-18(17)28-24(22)19(27-20)10-14-4-7-16(30-3)8-5-14/h4-9,11,28H,10,12-13H2,1-3H3. The van der Waals surface area contributed by atoms with Gasteiger partial charge in [-0.3, -0.25) is 9.78 Å². The Hall–Kier alpha value is -2.66. The van der Waals surface area contributed by atoms with E-state index in [0.29, 0.717) is 12.8 Å². The second-order valence-corrected chi connectivity index (χ2v) is 9.83. The minimum absolute atomic E-state index is 0.0746. The van der Waals surface area contributed by atoms with E-state index in [1.54, 1.807) is 7.11 Å². The smallest absolute Gasteiger partial charge is 0.165 e. The normalized spacial score (nSPS) is 15.5. The number of fused-ring (bicyclic) bond motifs is 5. The first-order chi connectivity index (χ1) is 14.3. The second-order valence-electron chi connectivity index (χ2n) is 8.91. The highest BCUT2D eigenvalue weighted by molar-refractivity contribution is 9.10. The SMILES string of the molecule is COc1ccc(Cc2nc3c(c4c2[nH]c2ccc(Br)cc24)C(=O)CC(C)(C)C3)cc1. The van der Waals surface area contributed by atoms with E-state index in [4.69, 9.17) is 9.72 Å². The molecule has 0 spiro atoms. The quantitative estimate of drug-likeness (QED) is 0.392. The fourth-order valence-electron chi connectivity index (χ4n) is 4.59. The highest BCUT2D eigenvalue weighted by Gasteiger charge is 2.34. The van der Waals surface area contributed by atoms with Gasteiger partial charge in [0.2, 0.25) is 0 Å².